The molecule has 3 heterocycles. The second kappa shape index (κ2) is 12.5. The lowest BCUT2D eigenvalue weighted by Gasteiger charge is -2.33. The van der Waals surface area contributed by atoms with Crippen molar-refractivity contribution in [2.45, 2.75) is 43.1 Å². The van der Waals surface area contributed by atoms with Crippen molar-refractivity contribution in [2.24, 2.45) is 0 Å². The van der Waals surface area contributed by atoms with Gasteiger partial charge in [0.1, 0.15) is 17.3 Å². The Balaban J connectivity index is 1.21. The lowest BCUT2D eigenvalue weighted by Crippen LogP contribution is -2.44. The number of carbonyl (C=O) groups excluding carboxylic acids is 2. The Morgan fingerprint density at radius 1 is 1.04 bits per heavy atom. The molecule has 2 amide bonds. The molecule has 1 fully saturated rings. The van der Waals surface area contributed by atoms with Crippen molar-refractivity contribution in [3.05, 3.63) is 131 Å². The number of aromatic hydroxyl groups is 1. The highest BCUT2D eigenvalue weighted by Crippen LogP contribution is 2.50. The number of benzene rings is 3. The van der Waals surface area contributed by atoms with E-state index >= 15 is 8.78 Å². The third-order valence-corrected chi connectivity index (χ3v) is 9.61. The highest BCUT2D eigenvalue weighted by molar-refractivity contribution is 6.07. The Labute approximate surface area is 281 Å². The Morgan fingerprint density at radius 3 is 2.47 bits per heavy atom. The van der Waals surface area contributed by atoms with Gasteiger partial charge >= 0.3 is 0 Å². The van der Waals surface area contributed by atoms with Crippen molar-refractivity contribution < 1.29 is 27.9 Å². The molecule has 1 aliphatic carbocycles. The van der Waals surface area contributed by atoms with Gasteiger partial charge in [0.25, 0.3) is 17.7 Å². The molecule has 1 saturated carbocycles. The molecule has 1 atom stereocenters. The number of aromatic nitrogens is 2. The number of likely N-dealkylation sites (N-methyl/N-ethyl adjacent to an activating group) is 1. The number of pyridine rings is 1. The number of H-pyrrole nitrogens is 1. The molecule has 0 bridgehead atoms. The van der Waals surface area contributed by atoms with Crippen LogP contribution in [0.2, 0.25) is 0 Å². The van der Waals surface area contributed by atoms with E-state index in [4.69, 9.17) is 0 Å². The summed E-state index contributed by atoms with van der Waals surface area (Å²) in [4.78, 5) is 35.8. The van der Waals surface area contributed by atoms with Gasteiger partial charge in [-0.3, -0.25) is 14.6 Å². The van der Waals surface area contributed by atoms with E-state index in [1.807, 2.05) is 37.4 Å². The first-order valence-corrected chi connectivity index (χ1v) is 16.1. The minimum Gasteiger partial charge on any atom is -0.507 e. The number of hydrogen-bond acceptors (Lipinski definition) is 5. The van der Waals surface area contributed by atoms with Crippen LogP contribution < -0.4 is 10.6 Å². The van der Waals surface area contributed by atoms with E-state index in [0.717, 1.165) is 24.2 Å². The molecule has 1 unspecified atom stereocenters. The number of rotatable bonds is 10. The van der Waals surface area contributed by atoms with Crippen LogP contribution in [0.5, 0.6) is 5.75 Å². The molecule has 1 aliphatic heterocycles. The fourth-order valence-electron chi connectivity index (χ4n) is 6.63. The predicted octanol–water partition coefficient (Wildman–Crippen LogP) is 7.52. The van der Waals surface area contributed by atoms with E-state index in [-0.39, 0.29) is 29.3 Å². The van der Waals surface area contributed by atoms with Gasteiger partial charge in [-0.2, -0.15) is 8.78 Å². The summed E-state index contributed by atoms with van der Waals surface area (Å²) in [6.07, 6.45) is 3.00. The molecule has 4 N–H and O–H groups in total. The molecule has 1 spiro atoms. The van der Waals surface area contributed by atoms with Gasteiger partial charge < -0.3 is 25.6 Å². The number of alkyl halides is 2. The minimum atomic E-state index is -3.48. The van der Waals surface area contributed by atoms with Gasteiger partial charge in [0.2, 0.25) is 0 Å². The molecule has 49 heavy (non-hydrogen) atoms. The molecule has 5 aromatic rings. The molecule has 3 aromatic carbocycles. The predicted molar refractivity (Wildman–Crippen MR) is 180 cm³/mol. The van der Waals surface area contributed by atoms with Crippen molar-refractivity contribution >= 4 is 23.2 Å². The molecule has 250 valence electrons. The van der Waals surface area contributed by atoms with Gasteiger partial charge in [-0.15, -0.1) is 0 Å². The van der Waals surface area contributed by atoms with Crippen LogP contribution in [0, 0.1) is 5.82 Å². The molecule has 0 saturated heterocycles. The summed E-state index contributed by atoms with van der Waals surface area (Å²) in [5.41, 5.74) is 3.09. The first kappa shape index (κ1) is 32.0. The Hall–Kier alpha value is -5.58. The zero-order valence-corrected chi connectivity index (χ0v) is 26.6. The number of nitrogens with one attached hydrogen (secondary N) is 3. The summed E-state index contributed by atoms with van der Waals surface area (Å²) >= 11 is 0. The summed E-state index contributed by atoms with van der Waals surface area (Å²) in [5.74, 6) is -5.94. The zero-order chi connectivity index (χ0) is 34.3. The SMILES string of the molecule is CN1C(=O)c2c([nH]c(-c3ccnc(C(F)(F)CC(CNC(=O)c4ccccc4O)c4ccc(F)cc4)c3)c2Nc2ccccc2)CC12CC2. The average molecular weight is 666 g/mol. The van der Waals surface area contributed by atoms with Gasteiger partial charge in [0, 0.05) is 61.0 Å². The number of nitrogens with zero attached hydrogens (tertiary/aromatic N) is 2. The van der Waals surface area contributed by atoms with Gasteiger partial charge in [-0.05, 0) is 66.9 Å². The largest absolute Gasteiger partial charge is 0.507 e. The quantitative estimate of drug-likeness (QED) is 0.123. The lowest BCUT2D eigenvalue weighted by molar-refractivity contribution is -0.0245. The number of para-hydroxylation sites is 2. The van der Waals surface area contributed by atoms with E-state index in [1.165, 1.54) is 48.7 Å². The van der Waals surface area contributed by atoms with Gasteiger partial charge in [-0.1, -0.05) is 42.5 Å². The van der Waals surface area contributed by atoms with Gasteiger partial charge in [0.15, 0.2) is 0 Å². The van der Waals surface area contributed by atoms with Crippen LogP contribution in [0.4, 0.5) is 24.5 Å². The van der Waals surface area contributed by atoms with E-state index in [2.05, 4.69) is 20.6 Å². The molecular weight excluding hydrogens is 631 g/mol. The normalized spacial score (nSPS) is 15.5. The minimum absolute atomic E-state index is 0.00678. The maximum Gasteiger partial charge on any atom is 0.290 e. The Bertz CT molecular complexity index is 2030. The number of aromatic amines is 1. The number of anilines is 2. The first-order valence-electron chi connectivity index (χ1n) is 16.1. The molecule has 7 rings (SSSR count). The van der Waals surface area contributed by atoms with E-state index < -0.39 is 35.7 Å². The van der Waals surface area contributed by atoms with Crippen LogP contribution >= 0.6 is 0 Å². The second-order valence-electron chi connectivity index (χ2n) is 12.8. The highest BCUT2D eigenvalue weighted by atomic mass is 19.3. The molecule has 8 nitrogen and oxygen atoms in total. The Morgan fingerprint density at radius 2 is 1.76 bits per heavy atom. The van der Waals surface area contributed by atoms with E-state index in [1.54, 1.807) is 23.1 Å². The maximum absolute atomic E-state index is 16.3. The smallest absolute Gasteiger partial charge is 0.290 e. The maximum atomic E-state index is 16.3. The highest BCUT2D eigenvalue weighted by Gasteiger charge is 2.53. The van der Waals surface area contributed by atoms with Gasteiger partial charge in [-0.25, -0.2) is 4.39 Å². The third-order valence-electron chi connectivity index (χ3n) is 9.61. The Kier molecular flexibility index (Phi) is 8.14. The van der Waals surface area contributed by atoms with Crippen LogP contribution in [0.1, 0.15) is 62.8 Å². The number of halogens is 3. The van der Waals surface area contributed by atoms with Crippen molar-refractivity contribution in [1.82, 2.24) is 20.2 Å². The second-order valence-corrected chi connectivity index (χ2v) is 12.8. The number of phenolic OH excluding ortho intramolecular Hbond substituents is 1. The van der Waals surface area contributed by atoms with Crippen molar-refractivity contribution in [3.63, 3.8) is 0 Å². The van der Waals surface area contributed by atoms with Crippen LogP contribution in [0.3, 0.4) is 0 Å². The van der Waals surface area contributed by atoms with Crippen LogP contribution in [-0.2, 0) is 12.3 Å². The average Bonchev–Trinajstić information content (AvgIpc) is 3.79. The van der Waals surface area contributed by atoms with E-state index in [9.17, 15) is 19.1 Å². The summed E-state index contributed by atoms with van der Waals surface area (Å²) < 4.78 is 46.4. The van der Waals surface area contributed by atoms with Crippen LogP contribution in [0.15, 0.2) is 97.2 Å². The molecule has 0 radical (unpaired) electrons. The fraction of sp³-hybridized carbons (Fsp3) is 0.237. The van der Waals surface area contributed by atoms with Crippen LogP contribution in [0.25, 0.3) is 11.3 Å². The number of hydrogen-bond donors (Lipinski definition) is 4. The number of phenols is 1. The number of amides is 2. The zero-order valence-electron chi connectivity index (χ0n) is 26.6. The molecule has 11 heteroatoms. The van der Waals surface area contributed by atoms with Crippen molar-refractivity contribution in [2.75, 3.05) is 18.9 Å². The number of carbonyl (C=O) groups is 2. The third kappa shape index (κ3) is 6.24. The summed E-state index contributed by atoms with van der Waals surface area (Å²) in [5, 5.41) is 16.1. The molecular formula is C38H34F3N5O3. The lowest BCUT2D eigenvalue weighted by atomic mass is 9.90. The molecule has 2 aromatic heterocycles. The van der Waals surface area contributed by atoms with Crippen LogP contribution in [-0.4, -0.2) is 50.9 Å². The van der Waals surface area contributed by atoms with Crippen molar-refractivity contribution in [3.8, 4) is 17.0 Å². The monoisotopic (exact) mass is 665 g/mol. The summed E-state index contributed by atoms with van der Waals surface area (Å²) in [7, 11) is 1.81. The molecule has 2 aliphatic rings. The fourth-order valence-corrected chi connectivity index (χ4v) is 6.63. The summed E-state index contributed by atoms with van der Waals surface area (Å²) in [6, 6.07) is 23.4. The topological polar surface area (TPSA) is 110 Å². The van der Waals surface area contributed by atoms with Gasteiger partial charge in [0.05, 0.1) is 22.5 Å². The van der Waals surface area contributed by atoms with E-state index in [0.29, 0.717) is 34.5 Å². The number of fused-ring (bicyclic) bond motifs is 1. The van der Waals surface area contributed by atoms with Crippen molar-refractivity contribution in [1.29, 1.82) is 0 Å². The first-order chi connectivity index (χ1) is 23.5. The summed E-state index contributed by atoms with van der Waals surface area (Å²) in [6.45, 7) is -0.208. The standard InChI is InChI=1S/C38H34F3N5O3/c1-46-36(49)32-29(21-37(46)16-17-37)45-33(34(32)44-27-7-3-2-4-8-27)24-15-18-42-31(19-24)38(40,41)20-25(23-11-13-26(39)14-12-23)22-43-35(48)28-9-5-6-10-30(28)47/h2-15,18-19,25,44-45,47H,16-17,20-22H2,1H3,(H,43,48).